The Hall–Kier alpha value is -3.13. The summed E-state index contributed by atoms with van der Waals surface area (Å²) >= 11 is 3.50. The van der Waals surface area contributed by atoms with Crippen LogP contribution >= 0.6 is 15.9 Å². The van der Waals surface area contributed by atoms with Crippen LogP contribution in [0.2, 0.25) is 0 Å². The predicted molar refractivity (Wildman–Crippen MR) is 145 cm³/mol. The molecule has 1 aromatic heterocycles. The molecular formula is C29H34BrN3O4. The van der Waals surface area contributed by atoms with Crippen molar-refractivity contribution < 1.29 is 18.8 Å². The molecule has 7 nitrogen and oxygen atoms in total. The first-order valence-electron chi connectivity index (χ1n) is 12.7. The van der Waals surface area contributed by atoms with Crippen LogP contribution in [0.4, 0.5) is 0 Å². The van der Waals surface area contributed by atoms with Crippen LogP contribution in [-0.2, 0) is 22.6 Å². The molecular weight excluding hydrogens is 534 g/mol. The number of likely N-dealkylation sites (tertiary alicyclic amines) is 1. The van der Waals surface area contributed by atoms with Gasteiger partial charge in [0.15, 0.2) is 0 Å². The predicted octanol–water partition coefficient (Wildman–Crippen LogP) is 5.33. The lowest BCUT2D eigenvalue weighted by Crippen LogP contribution is -2.49. The highest BCUT2D eigenvalue weighted by molar-refractivity contribution is 9.10. The van der Waals surface area contributed by atoms with Crippen LogP contribution in [0.1, 0.15) is 41.8 Å². The molecule has 0 radical (unpaired) electrons. The maximum atomic E-state index is 13.2. The van der Waals surface area contributed by atoms with Crippen molar-refractivity contribution in [2.45, 2.75) is 52.2 Å². The lowest BCUT2D eigenvalue weighted by atomic mass is 9.90. The normalized spacial score (nSPS) is 17.5. The van der Waals surface area contributed by atoms with Gasteiger partial charge in [-0.3, -0.25) is 9.59 Å². The number of nitrogens with zero attached hydrogens (tertiary/aromatic N) is 3. The number of carbonyl (C=O) groups excluding carboxylic acids is 2. The van der Waals surface area contributed by atoms with Gasteiger partial charge in [0, 0.05) is 61.9 Å². The lowest BCUT2D eigenvalue weighted by Gasteiger charge is -2.39. The Labute approximate surface area is 226 Å². The molecule has 0 unspecified atom stereocenters. The molecule has 0 bridgehead atoms. The fourth-order valence-corrected chi connectivity index (χ4v) is 5.26. The molecule has 1 fully saturated rings. The molecule has 0 saturated carbocycles. The topological polar surface area (TPSA) is 75.9 Å². The zero-order chi connectivity index (χ0) is 26.4. The van der Waals surface area contributed by atoms with Crippen LogP contribution in [0.5, 0.6) is 5.75 Å². The van der Waals surface area contributed by atoms with Crippen molar-refractivity contribution in [3.8, 4) is 5.75 Å². The molecule has 1 saturated heterocycles. The monoisotopic (exact) mass is 567 g/mol. The van der Waals surface area contributed by atoms with Gasteiger partial charge in [0.25, 0.3) is 0 Å². The van der Waals surface area contributed by atoms with Crippen molar-refractivity contribution in [1.29, 1.82) is 0 Å². The minimum absolute atomic E-state index is 0.0433. The summed E-state index contributed by atoms with van der Waals surface area (Å²) in [6, 6.07) is 17.7. The average Bonchev–Trinajstić information content (AvgIpc) is 3.21. The van der Waals surface area contributed by atoms with Crippen LogP contribution in [0.15, 0.2) is 63.6 Å². The summed E-state index contributed by atoms with van der Waals surface area (Å²) in [5.41, 5.74) is 2.91. The van der Waals surface area contributed by atoms with E-state index in [2.05, 4.69) is 21.1 Å². The third-order valence-electron chi connectivity index (χ3n) is 7.00. The number of halogens is 1. The van der Waals surface area contributed by atoms with Gasteiger partial charge in [-0.2, -0.15) is 0 Å². The second kappa shape index (κ2) is 12.4. The summed E-state index contributed by atoms with van der Waals surface area (Å²) in [6.07, 6.45) is 1.81. The fraction of sp³-hybridized carbons (Fsp3) is 0.414. The van der Waals surface area contributed by atoms with Crippen molar-refractivity contribution in [2.75, 3.05) is 20.1 Å². The molecule has 2 amide bonds. The van der Waals surface area contributed by atoms with Gasteiger partial charge in [-0.1, -0.05) is 57.5 Å². The molecule has 0 spiro atoms. The van der Waals surface area contributed by atoms with E-state index in [0.29, 0.717) is 45.3 Å². The van der Waals surface area contributed by atoms with Crippen molar-refractivity contribution in [3.63, 3.8) is 0 Å². The number of ether oxygens (including phenoxy) is 1. The first-order valence-corrected chi connectivity index (χ1v) is 13.5. The molecule has 8 heteroatoms. The molecule has 1 aliphatic rings. The van der Waals surface area contributed by atoms with Gasteiger partial charge < -0.3 is 19.1 Å². The number of hydrogen-bond acceptors (Lipinski definition) is 5. The van der Waals surface area contributed by atoms with Gasteiger partial charge in [0.1, 0.15) is 17.6 Å². The minimum atomic E-state index is -0.157. The smallest absolute Gasteiger partial charge is 0.223 e. The zero-order valence-electron chi connectivity index (χ0n) is 21.7. The average molecular weight is 569 g/mol. The van der Waals surface area contributed by atoms with E-state index >= 15 is 0 Å². The third-order valence-corrected chi connectivity index (χ3v) is 7.49. The number of amides is 2. The summed E-state index contributed by atoms with van der Waals surface area (Å²) in [6.45, 7) is 5.41. The number of piperidine rings is 1. The van der Waals surface area contributed by atoms with E-state index in [4.69, 9.17) is 9.26 Å². The molecule has 0 aliphatic carbocycles. The first kappa shape index (κ1) is 26.9. The van der Waals surface area contributed by atoms with Crippen molar-refractivity contribution in [2.24, 2.45) is 5.92 Å². The van der Waals surface area contributed by atoms with Gasteiger partial charge in [-0.15, -0.1) is 0 Å². The largest absolute Gasteiger partial charge is 0.490 e. The van der Waals surface area contributed by atoms with Gasteiger partial charge in [-0.05, 0) is 44.0 Å². The van der Waals surface area contributed by atoms with Gasteiger partial charge in [0.05, 0.1) is 5.69 Å². The quantitative estimate of drug-likeness (QED) is 0.349. The molecule has 2 atom stereocenters. The summed E-state index contributed by atoms with van der Waals surface area (Å²) in [5.74, 6) is 1.53. The lowest BCUT2D eigenvalue weighted by molar-refractivity contribution is -0.138. The molecule has 4 rings (SSSR count). The molecule has 2 aromatic carbocycles. The standard InChI is InChI=1S/C29H34BrN3O4/c1-20-26(21(2)37-31-20)12-13-28(34)33-15-14-27(36-25-11-7-10-24(30)17-25)23(19-33)16-29(35)32(3)18-22-8-5-4-6-9-22/h4-11,17,23,27H,12-16,18-19H2,1-3H3/t23-,27-/m0/s1. The van der Waals surface area contributed by atoms with E-state index in [1.165, 1.54) is 0 Å². The Morgan fingerprint density at radius 2 is 1.95 bits per heavy atom. The Kier molecular flexibility index (Phi) is 9.03. The van der Waals surface area contributed by atoms with Crippen LogP contribution in [0.3, 0.4) is 0 Å². The number of hydrogen-bond donors (Lipinski definition) is 0. The molecule has 3 aromatic rings. The van der Waals surface area contributed by atoms with Crippen LogP contribution in [-0.4, -0.2) is 53.0 Å². The Balaban J connectivity index is 1.43. The van der Waals surface area contributed by atoms with Gasteiger partial charge in [0.2, 0.25) is 11.8 Å². The summed E-state index contributed by atoms with van der Waals surface area (Å²) in [5, 5.41) is 3.99. The number of benzene rings is 2. The van der Waals surface area contributed by atoms with Crippen molar-refractivity contribution in [3.05, 3.63) is 81.7 Å². The van der Waals surface area contributed by atoms with Gasteiger partial charge >= 0.3 is 0 Å². The number of aromatic nitrogens is 1. The Morgan fingerprint density at radius 3 is 2.65 bits per heavy atom. The van der Waals surface area contributed by atoms with E-state index in [1.807, 2.05) is 80.4 Å². The van der Waals surface area contributed by atoms with E-state index in [-0.39, 0.29) is 23.8 Å². The van der Waals surface area contributed by atoms with Crippen molar-refractivity contribution >= 4 is 27.7 Å². The number of carbonyl (C=O) groups is 2. The zero-order valence-corrected chi connectivity index (χ0v) is 23.2. The highest BCUT2D eigenvalue weighted by atomic mass is 79.9. The first-order chi connectivity index (χ1) is 17.8. The second-order valence-electron chi connectivity index (χ2n) is 9.74. The van der Waals surface area contributed by atoms with Crippen molar-refractivity contribution in [1.82, 2.24) is 15.0 Å². The highest BCUT2D eigenvalue weighted by Gasteiger charge is 2.35. The maximum Gasteiger partial charge on any atom is 0.223 e. The molecule has 196 valence electrons. The van der Waals surface area contributed by atoms with Crippen LogP contribution in [0.25, 0.3) is 0 Å². The van der Waals surface area contributed by atoms with Gasteiger partial charge in [-0.25, -0.2) is 0 Å². The van der Waals surface area contributed by atoms with E-state index in [1.54, 1.807) is 4.90 Å². The number of rotatable bonds is 9. The summed E-state index contributed by atoms with van der Waals surface area (Å²) in [7, 11) is 1.83. The Bertz CT molecular complexity index is 1190. The maximum absolute atomic E-state index is 13.2. The summed E-state index contributed by atoms with van der Waals surface area (Å²) in [4.78, 5) is 30.0. The molecule has 1 aliphatic heterocycles. The SMILES string of the molecule is Cc1noc(C)c1CCC(=O)N1CC[C@H](Oc2cccc(Br)c2)[C@@H](CC(=O)N(C)Cc2ccccc2)C1. The minimum Gasteiger partial charge on any atom is -0.490 e. The third kappa shape index (κ3) is 7.22. The number of aryl methyl sites for hydroxylation is 2. The molecule has 37 heavy (non-hydrogen) atoms. The fourth-order valence-electron chi connectivity index (χ4n) is 4.88. The van der Waals surface area contributed by atoms with E-state index in [9.17, 15) is 9.59 Å². The van der Waals surface area contributed by atoms with Crippen LogP contribution < -0.4 is 4.74 Å². The van der Waals surface area contributed by atoms with Crippen LogP contribution in [0, 0.1) is 19.8 Å². The summed E-state index contributed by atoms with van der Waals surface area (Å²) < 4.78 is 12.5. The molecule has 2 heterocycles. The second-order valence-corrected chi connectivity index (χ2v) is 10.7. The van der Waals surface area contributed by atoms with E-state index < -0.39 is 0 Å². The Morgan fingerprint density at radius 1 is 1.16 bits per heavy atom. The van der Waals surface area contributed by atoms with E-state index in [0.717, 1.165) is 32.8 Å². The molecule has 0 N–H and O–H groups in total. The highest BCUT2D eigenvalue weighted by Crippen LogP contribution is 2.28.